The van der Waals surface area contributed by atoms with Crippen LogP contribution in [-0.4, -0.2) is 16.7 Å². The molecular weight excluding hydrogens is 468 g/mol. The SMILES string of the molecule is CCCCCOc1ccc(C2=Nc3ccc4c5c(ccc(c35)S2)N=C(c2ccc(C)cc2)S4)cc1. The molecule has 5 heteroatoms. The zero-order valence-electron chi connectivity index (χ0n) is 19.9. The predicted molar refractivity (Wildman–Crippen MR) is 151 cm³/mol. The van der Waals surface area contributed by atoms with Gasteiger partial charge in [-0.1, -0.05) is 73.1 Å². The van der Waals surface area contributed by atoms with E-state index in [4.69, 9.17) is 14.7 Å². The van der Waals surface area contributed by atoms with E-state index in [2.05, 4.69) is 86.6 Å². The molecule has 4 aromatic rings. The van der Waals surface area contributed by atoms with Crippen LogP contribution < -0.4 is 4.74 Å². The van der Waals surface area contributed by atoms with Gasteiger partial charge in [0.05, 0.1) is 18.0 Å². The number of benzene rings is 4. The Morgan fingerprint density at radius 2 is 1.20 bits per heavy atom. The van der Waals surface area contributed by atoms with Crippen LogP contribution in [0.1, 0.15) is 42.9 Å². The van der Waals surface area contributed by atoms with Crippen molar-refractivity contribution in [3.63, 3.8) is 0 Å². The lowest BCUT2D eigenvalue weighted by Crippen LogP contribution is -2.03. The van der Waals surface area contributed by atoms with E-state index < -0.39 is 0 Å². The van der Waals surface area contributed by atoms with E-state index in [-0.39, 0.29) is 0 Å². The highest BCUT2D eigenvalue weighted by molar-refractivity contribution is 8.15. The van der Waals surface area contributed by atoms with Crippen LogP contribution in [0.3, 0.4) is 0 Å². The monoisotopic (exact) mass is 494 g/mol. The molecule has 0 unspecified atom stereocenters. The molecule has 4 aromatic carbocycles. The molecular formula is C30H26N2OS2. The Hall–Kier alpha value is -3.02. The van der Waals surface area contributed by atoms with Crippen molar-refractivity contribution in [1.82, 2.24) is 0 Å². The third-order valence-corrected chi connectivity index (χ3v) is 8.47. The summed E-state index contributed by atoms with van der Waals surface area (Å²) in [7, 11) is 0. The summed E-state index contributed by atoms with van der Waals surface area (Å²) in [6.45, 7) is 5.09. The molecule has 2 aliphatic heterocycles. The minimum atomic E-state index is 0.773. The molecule has 174 valence electrons. The van der Waals surface area contributed by atoms with Crippen LogP contribution in [0.25, 0.3) is 10.8 Å². The van der Waals surface area contributed by atoms with E-state index in [9.17, 15) is 0 Å². The van der Waals surface area contributed by atoms with Crippen LogP contribution in [0.2, 0.25) is 0 Å². The standard InChI is InChI=1S/C30H26N2OS2/c1-3-4-5-18-33-22-12-10-21(11-13-22)30-32-24-15-16-25-27-23(14-17-26(35-30)28(24)27)31-29(34-25)20-8-6-19(2)7-9-20/h6-17H,3-5,18H2,1-2H3. The van der Waals surface area contributed by atoms with Crippen molar-refractivity contribution in [2.24, 2.45) is 9.98 Å². The van der Waals surface area contributed by atoms with Crippen molar-refractivity contribution in [2.45, 2.75) is 42.9 Å². The molecule has 6 rings (SSSR count). The summed E-state index contributed by atoms with van der Waals surface area (Å²) < 4.78 is 5.88. The minimum Gasteiger partial charge on any atom is -0.494 e. The second-order valence-electron chi connectivity index (χ2n) is 8.90. The molecule has 2 aliphatic rings. The molecule has 0 saturated heterocycles. The first-order valence-corrected chi connectivity index (χ1v) is 13.8. The molecule has 0 radical (unpaired) electrons. The topological polar surface area (TPSA) is 34.0 Å². The lowest BCUT2D eigenvalue weighted by molar-refractivity contribution is 0.306. The average Bonchev–Trinajstić information content (AvgIpc) is 2.90. The summed E-state index contributed by atoms with van der Waals surface area (Å²) in [4.78, 5) is 12.6. The molecule has 0 N–H and O–H groups in total. The summed E-state index contributed by atoms with van der Waals surface area (Å²) in [5.41, 5.74) is 5.58. The van der Waals surface area contributed by atoms with E-state index in [1.54, 1.807) is 23.5 Å². The molecule has 0 spiro atoms. The maximum absolute atomic E-state index is 5.88. The van der Waals surface area contributed by atoms with Gasteiger partial charge in [-0.25, -0.2) is 9.98 Å². The lowest BCUT2D eigenvalue weighted by atomic mass is 10.1. The van der Waals surface area contributed by atoms with Crippen LogP contribution in [0.4, 0.5) is 11.4 Å². The number of aryl methyl sites for hydroxylation is 1. The highest BCUT2D eigenvalue weighted by Gasteiger charge is 2.24. The summed E-state index contributed by atoms with van der Waals surface area (Å²) in [5.74, 6) is 0.921. The highest BCUT2D eigenvalue weighted by atomic mass is 32.2. The number of thioether (sulfide) groups is 2. The first-order valence-electron chi connectivity index (χ1n) is 12.1. The largest absolute Gasteiger partial charge is 0.494 e. The maximum atomic E-state index is 5.88. The van der Waals surface area contributed by atoms with Crippen LogP contribution >= 0.6 is 23.5 Å². The fourth-order valence-electron chi connectivity index (χ4n) is 4.41. The first-order chi connectivity index (χ1) is 17.2. The number of ether oxygens (including phenoxy) is 1. The maximum Gasteiger partial charge on any atom is 0.119 e. The Labute approximate surface area is 214 Å². The number of nitrogens with zero attached hydrogens (tertiary/aromatic N) is 2. The van der Waals surface area contributed by atoms with E-state index in [0.29, 0.717) is 0 Å². The third kappa shape index (κ3) is 4.39. The van der Waals surface area contributed by atoms with Crippen LogP contribution in [0.5, 0.6) is 5.75 Å². The van der Waals surface area contributed by atoms with Gasteiger partial charge in [-0.15, -0.1) is 0 Å². The number of hydrogen-bond acceptors (Lipinski definition) is 5. The van der Waals surface area contributed by atoms with Crippen molar-refractivity contribution >= 4 is 55.8 Å². The summed E-state index contributed by atoms with van der Waals surface area (Å²) in [5, 5.41) is 4.49. The van der Waals surface area contributed by atoms with Gasteiger partial charge in [-0.2, -0.15) is 0 Å². The Morgan fingerprint density at radius 1 is 0.657 bits per heavy atom. The van der Waals surface area contributed by atoms with Crippen LogP contribution in [0, 0.1) is 6.92 Å². The van der Waals surface area contributed by atoms with Gasteiger partial charge in [0.2, 0.25) is 0 Å². The van der Waals surface area contributed by atoms with Gasteiger partial charge in [0, 0.05) is 31.7 Å². The first kappa shape index (κ1) is 22.4. The van der Waals surface area contributed by atoms with Gasteiger partial charge in [0.25, 0.3) is 0 Å². The molecule has 0 atom stereocenters. The van der Waals surface area contributed by atoms with Crippen molar-refractivity contribution in [3.05, 3.63) is 89.5 Å². The number of rotatable bonds is 7. The highest BCUT2D eigenvalue weighted by Crippen LogP contribution is 2.50. The quantitative estimate of drug-likeness (QED) is 0.240. The fourth-order valence-corrected chi connectivity index (χ4v) is 6.51. The smallest absolute Gasteiger partial charge is 0.119 e. The Bertz CT molecular complexity index is 1470. The molecule has 0 fully saturated rings. The molecule has 0 saturated carbocycles. The van der Waals surface area contributed by atoms with Crippen LogP contribution in [-0.2, 0) is 0 Å². The molecule has 0 amide bonds. The van der Waals surface area contributed by atoms with Gasteiger partial charge in [0.15, 0.2) is 0 Å². The van der Waals surface area contributed by atoms with E-state index in [0.717, 1.165) is 51.4 Å². The van der Waals surface area contributed by atoms with Crippen molar-refractivity contribution < 1.29 is 4.74 Å². The molecule has 0 aromatic heterocycles. The Kier molecular flexibility index (Phi) is 6.13. The van der Waals surface area contributed by atoms with E-state index >= 15 is 0 Å². The summed E-state index contributed by atoms with van der Waals surface area (Å²) in [6.07, 6.45) is 3.51. The van der Waals surface area contributed by atoms with Gasteiger partial charge >= 0.3 is 0 Å². The van der Waals surface area contributed by atoms with Gasteiger partial charge in [-0.3, -0.25) is 0 Å². The van der Waals surface area contributed by atoms with Crippen molar-refractivity contribution in [3.8, 4) is 5.75 Å². The Morgan fingerprint density at radius 3 is 1.74 bits per heavy atom. The summed E-state index contributed by atoms with van der Waals surface area (Å²) >= 11 is 3.48. The lowest BCUT2D eigenvalue weighted by Gasteiger charge is -2.22. The number of unbranched alkanes of at least 4 members (excludes halogenated alkanes) is 2. The summed E-state index contributed by atoms with van der Waals surface area (Å²) in [6, 6.07) is 25.6. The zero-order valence-corrected chi connectivity index (χ0v) is 21.5. The van der Waals surface area contributed by atoms with Crippen molar-refractivity contribution in [2.75, 3.05) is 6.61 Å². The van der Waals surface area contributed by atoms with E-state index in [1.165, 1.54) is 39.0 Å². The minimum absolute atomic E-state index is 0.773. The average molecular weight is 495 g/mol. The predicted octanol–water partition coefficient (Wildman–Crippen LogP) is 9.09. The molecule has 0 bridgehead atoms. The molecule has 2 heterocycles. The van der Waals surface area contributed by atoms with Gasteiger partial charge in [0.1, 0.15) is 15.8 Å². The number of aliphatic imine (C=N–C) groups is 2. The molecule has 3 nitrogen and oxygen atoms in total. The van der Waals surface area contributed by atoms with Gasteiger partial charge < -0.3 is 4.74 Å². The molecule has 0 aliphatic carbocycles. The molecule has 35 heavy (non-hydrogen) atoms. The van der Waals surface area contributed by atoms with Gasteiger partial charge in [-0.05, 0) is 61.9 Å². The fraction of sp³-hybridized carbons (Fsp3) is 0.200. The Balaban J connectivity index is 1.31. The van der Waals surface area contributed by atoms with Crippen molar-refractivity contribution in [1.29, 1.82) is 0 Å². The second-order valence-corrected chi connectivity index (χ2v) is 11.0. The zero-order chi connectivity index (χ0) is 23.8. The van der Waals surface area contributed by atoms with E-state index in [1.807, 2.05) is 0 Å². The second kappa shape index (κ2) is 9.56. The number of hydrogen-bond donors (Lipinski definition) is 0. The third-order valence-electron chi connectivity index (χ3n) is 6.31. The normalized spacial score (nSPS) is 14.0. The van der Waals surface area contributed by atoms with Crippen LogP contribution in [0.15, 0.2) is 92.6 Å².